The van der Waals surface area contributed by atoms with Gasteiger partial charge < -0.3 is 13.6 Å². The van der Waals surface area contributed by atoms with Crippen LogP contribution >= 0.6 is 0 Å². The topological polar surface area (TPSA) is 52.8 Å². The first-order valence-electron chi connectivity index (χ1n) is 13.9. The second-order valence-electron chi connectivity index (χ2n) is 12.1. The van der Waals surface area contributed by atoms with Crippen LogP contribution in [0.3, 0.4) is 0 Å². The molecular formula is C32H44N2O3Si. The number of rotatable bonds is 8. The molecule has 1 aliphatic carbocycles. The molecule has 0 radical (unpaired) electrons. The van der Waals surface area contributed by atoms with E-state index in [9.17, 15) is 4.79 Å². The summed E-state index contributed by atoms with van der Waals surface area (Å²) in [5.74, 6) is 0.862. The summed E-state index contributed by atoms with van der Waals surface area (Å²) in [6.45, 7) is 22.1. The number of benzene rings is 1. The van der Waals surface area contributed by atoms with E-state index in [1.54, 1.807) is 0 Å². The predicted octanol–water partition coefficient (Wildman–Crippen LogP) is 8.03. The molecule has 5 nitrogen and oxygen atoms in total. The number of aryl methyl sites for hydroxylation is 3. The van der Waals surface area contributed by atoms with Crippen molar-refractivity contribution in [1.82, 2.24) is 9.38 Å². The van der Waals surface area contributed by atoms with Crippen molar-refractivity contribution in [3.05, 3.63) is 69.7 Å². The molecule has 0 unspecified atom stereocenters. The molecule has 2 aromatic heterocycles. The second kappa shape index (κ2) is 10.4. The number of hydrogen-bond donors (Lipinski definition) is 0. The van der Waals surface area contributed by atoms with Crippen LogP contribution in [-0.4, -0.2) is 30.3 Å². The van der Waals surface area contributed by atoms with Crippen LogP contribution in [0.5, 0.6) is 5.75 Å². The Kier molecular flexibility index (Phi) is 7.68. The van der Waals surface area contributed by atoms with Crippen molar-refractivity contribution in [2.24, 2.45) is 5.92 Å². The summed E-state index contributed by atoms with van der Waals surface area (Å²) < 4.78 is 14.7. The number of fused-ring (bicyclic) bond motifs is 2. The molecule has 6 heteroatoms. The zero-order chi connectivity index (χ0) is 28.0. The number of nitrogens with zero attached hydrogens (tertiary/aromatic N) is 2. The Labute approximate surface area is 229 Å². The van der Waals surface area contributed by atoms with Crippen LogP contribution in [0, 0.1) is 26.7 Å². The van der Waals surface area contributed by atoms with E-state index >= 15 is 0 Å². The lowest BCUT2D eigenvalue weighted by atomic mass is 9.99. The molecule has 0 atom stereocenters. The van der Waals surface area contributed by atoms with Crippen molar-refractivity contribution in [2.75, 3.05) is 6.61 Å². The van der Waals surface area contributed by atoms with Crippen LogP contribution in [0.25, 0.3) is 11.2 Å². The van der Waals surface area contributed by atoms with Gasteiger partial charge in [0.2, 0.25) is 0 Å². The highest BCUT2D eigenvalue weighted by atomic mass is 28.4. The molecule has 3 aromatic rings. The minimum Gasteiger partial charge on any atom is -0.541 e. The number of esters is 1. The summed E-state index contributed by atoms with van der Waals surface area (Å²) in [5.41, 5.74) is 9.58. The van der Waals surface area contributed by atoms with Gasteiger partial charge in [-0.3, -0.25) is 0 Å². The molecule has 1 aliphatic rings. The molecule has 0 bridgehead atoms. The number of hydrogen-bond acceptors (Lipinski definition) is 4. The van der Waals surface area contributed by atoms with Gasteiger partial charge in [0, 0.05) is 17.5 Å². The smallest absolute Gasteiger partial charge is 0.340 e. The summed E-state index contributed by atoms with van der Waals surface area (Å²) in [4.78, 5) is 18.3. The highest BCUT2D eigenvalue weighted by Crippen LogP contribution is 2.46. The Bertz CT molecular complexity index is 1410. The van der Waals surface area contributed by atoms with Crippen molar-refractivity contribution < 1.29 is 14.0 Å². The molecule has 4 rings (SSSR count). The molecule has 0 saturated heterocycles. The zero-order valence-electron chi connectivity index (χ0n) is 24.9. The average Bonchev–Trinajstić information content (AvgIpc) is 3.39. The summed E-state index contributed by atoms with van der Waals surface area (Å²) >= 11 is 0. The van der Waals surface area contributed by atoms with Gasteiger partial charge in [0.15, 0.2) is 11.4 Å². The Hall–Kier alpha value is -2.86. The number of imidazole rings is 1. The molecule has 0 aliphatic heterocycles. The third-order valence-corrected chi connectivity index (χ3v) is 13.6. The van der Waals surface area contributed by atoms with Crippen LogP contribution in [0.4, 0.5) is 0 Å². The van der Waals surface area contributed by atoms with E-state index in [-0.39, 0.29) is 11.0 Å². The molecule has 0 saturated carbocycles. The van der Waals surface area contributed by atoms with Gasteiger partial charge in [-0.2, -0.15) is 0 Å². The Morgan fingerprint density at radius 2 is 1.89 bits per heavy atom. The van der Waals surface area contributed by atoms with Gasteiger partial charge in [-0.05, 0) is 93.3 Å². The Balaban J connectivity index is 1.94. The van der Waals surface area contributed by atoms with Gasteiger partial charge >= 0.3 is 5.97 Å². The molecule has 0 amide bonds. The van der Waals surface area contributed by atoms with Crippen LogP contribution in [0.15, 0.2) is 30.5 Å². The van der Waals surface area contributed by atoms with E-state index in [4.69, 9.17) is 14.1 Å². The molecule has 38 heavy (non-hydrogen) atoms. The molecule has 1 aromatic carbocycles. The van der Waals surface area contributed by atoms with Gasteiger partial charge in [-0.25, -0.2) is 9.78 Å². The first kappa shape index (κ1) is 28.2. The zero-order valence-corrected chi connectivity index (χ0v) is 25.9. The minimum atomic E-state index is -2.32. The first-order chi connectivity index (χ1) is 17.8. The summed E-state index contributed by atoms with van der Waals surface area (Å²) in [6, 6.07) is 6.54. The van der Waals surface area contributed by atoms with E-state index < -0.39 is 8.32 Å². The Morgan fingerprint density at radius 1 is 1.18 bits per heavy atom. The van der Waals surface area contributed by atoms with Crippen molar-refractivity contribution in [3.8, 4) is 5.75 Å². The molecule has 0 spiro atoms. The van der Waals surface area contributed by atoms with E-state index in [2.05, 4.69) is 72.0 Å². The van der Waals surface area contributed by atoms with E-state index in [0.29, 0.717) is 24.5 Å². The largest absolute Gasteiger partial charge is 0.541 e. The number of aromatic nitrogens is 2. The van der Waals surface area contributed by atoms with E-state index in [0.717, 1.165) is 41.2 Å². The predicted molar refractivity (Wildman–Crippen MR) is 159 cm³/mol. The standard InChI is InChI=1S/C32H44N2O3Si/c1-11-36-31(35)28-19-34-23(6)22(5)33-30(34)29(37-38(9,10)32(7,8)20(2)3)27(28)18-16-24-15-17-25-21(4)13-12-14-26(24)25/h12-14,16,19-20H,11,15,17-18H2,1-10H3. The van der Waals surface area contributed by atoms with Gasteiger partial charge in [-0.1, -0.05) is 52.0 Å². The highest BCUT2D eigenvalue weighted by Gasteiger charge is 2.46. The molecule has 2 heterocycles. The van der Waals surface area contributed by atoms with Crippen LogP contribution in [0.2, 0.25) is 18.1 Å². The average molecular weight is 533 g/mol. The fraction of sp³-hybridized carbons (Fsp3) is 0.500. The van der Waals surface area contributed by atoms with Crippen molar-refractivity contribution >= 4 is 25.5 Å². The number of ether oxygens (including phenoxy) is 1. The van der Waals surface area contributed by atoms with Gasteiger partial charge in [0.05, 0.1) is 17.9 Å². The molecule has 0 N–H and O–H groups in total. The lowest BCUT2D eigenvalue weighted by molar-refractivity contribution is 0.0524. The first-order valence-corrected chi connectivity index (χ1v) is 16.9. The monoisotopic (exact) mass is 532 g/mol. The Morgan fingerprint density at radius 3 is 2.55 bits per heavy atom. The summed E-state index contributed by atoms with van der Waals surface area (Å²) in [7, 11) is -2.32. The fourth-order valence-electron chi connectivity index (χ4n) is 5.35. The molecular weight excluding hydrogens is 488 g/mol. The van der Waals surface area contributed by atoms with Crippen LogP contribution in [0.1, 0.15) is 85.0 Å². The quantitative estimate of drug-likeness (QED) is 0.218. The second-order valence-corrected chi connectivity index (χ2v) is 16.6. The normalized spacial score (nSPS) is 15.0. The summed E-state index contributed by atoms with van der Waals surface area (Å²) in [6.07, 6.45) is 6.84. The van der Waals surface area contributed by atoms with Crippen molar-refractivity contribution in [2.45, 2.75) is 92.8 Å². The fourth-order valence-corrected chi connectivity index (χ4v) is 7.73. The van der Waals surface area contributed by atoms with Crippen molar-refractivity contribution in [1.29, 1.82) is 0 Å². The highest BCUT2D eigenvalue weighted by molar-refractivity contribution is 6.75. The molecule has 0 fully saturated rings. The third-order valence-electron chi connectivity index (χ3n) is 9.25. The third kappa shape index (κ3) is 4.83. The SMILES string of the molecule is CCOC(=O)c1cn2c(C)c(C)nc2c(O[Si](C)(C)C(C)(C)C(C)C)c1CC=C1CCc2c(C)cccc21. The maximum absolute atomic E-state index is 13.4. The van der Waals surface area contributed by atoms with Crippen LogP contribution in [-0.2, 0) is 17.6 Å². The van der Waals surface area contributed by atoms with Gasteiger partial charge in [-0.15, -0.1) is 0 Å². The number of carbonyl (C=O) groups excluding carboxylic acids is 1. The van der Waals surface area contributed by atoms with E-state index in [1.807, 2.05) is 31.4 Å². The number of allylic oxidation sites excluding steroid dienone is 2. The van der Waals surface area contributed by atoms with E-state index in [1.165, 1.54) is 22.3 Å². The van der Waals surface area contributed by atoms with Crippen LogP contribution < -0.4 is 4.43 Å². The maximum atomic E-state index is 13.4. The molecule has 204 valence electrons. The minimum absolute atomic E-state index is 0.00173. The number of pyridine rings is 1. The lowest BCUT2D eigenvalue weighted by Crippen LogP contribution is -2.48. The maximum Gasteiger partial charge on any atom is 0.340 e. The lowest BCUT2D eigenvalue weighted by Gasteiger charge is -2.42. The van der Waals surface area contributed by atoms with Gasteiger partial charge in [0.25, 0.3) is 8.32 Å². The van der Waals surface area contributed by atoms with Gasteiger partial charge in [0.1, 0.15) is 0 Å². The summed E-state index contributed by atoms with van der Waals surface area (Å²) in [5, 5.41) is -0.00173. The van der Waals surface area contributed by atoms with Crippen molar-refractivity contribution in [3.63, 3.8) is 0 Å². The number of carbonyl (C=O) groups is 1.